The normalized spacial score (nSPS) is 17.1. The first-order valence-corrected chi connectivity index (χ1v) is 11.9. The maximum Gasteiger partial charge on any atom is 0.314 e. The van der Waals surface area contributed by atoms with Crippen molar-refractivity contribution in [2.75, 3.05) is 40.5 Å². The molecule has 1 aliphatic carbocycles. The van der Waals surface area contributed by atoms with Gasteiger partial charge in [0.1, 0.15) is 0 Å². The molecule has 3 aromatic carbocycles. The number of esters is 1. The number of carbonyl (C=O) groups excluding carboxylic acids is 2. The fraction of sp³-hybridized carbons (Fsp3) is 0.241. The minimum absolute atomic E-state index is 0.0819. The van der Waals surface area contributed by atoms with E-state index in [1.807, 2.05) is 30.3 Å². The Hall–Kier alpha value is -4.66. The molecule has 0 saturated heterocycles. The van der Waals surface area contributed by atoms with Crippen molar-refractivity contribution in [2.45, 2.75) is 5.92 Å². The van der Waals surface area contributed by atoms with Crippen LogP contribution in [0.4, 0.5) is 5.69 Å². The number of para-hydroxylation sites is 1. The number of hydrogen-bond donors (Lipinski definition) is 1. The van der Waals surface area contributed by atoms with E-state index in [-0.39, 0.29) is 12.4 Å². The second-order valence-corrected chi connectivity index (χ2v) is 8.69. The quantitative estimate of drug-likeness (QED) is 0.461. The van der Waals surface area contributed by atoms with Crippen molar-refractivity contribution in [1.29, 1.82) is 0 Å². The summed E-state index contributed by atoms with van der Waals surface area (Å²) in [4.78, 5) is 27.1. The molecule has 196 valence electrons. The van der Waals surface area contributed by atoms with Crippen LogP contribution in [0.3, 0.4) is 0 Å². The van der Waals surface area contributed by atoms with Crippen molar-refractivity contribution in [3.63, 3.8) is 0 Å². The molecule has 0 bridgehead atoms. The first-order chi connectivity index (χ1) is 18.5. The second kappa shape index (κ2) is 10.4. The molecule has 9 heteroatoms. The molecule has 38 heavy (non-hydrogen) atoms. The molecule has 0 unspecified atom stereocenters. The van der Waals surface area contributed by atoms with Crippen LogP contribution in [0, 0.1) is 5.92 Å². The van der Waals surface area contributed by atoms with Crippen LogP contribution in [0.2, 0.25) is 0 Å². The molecule has 9 nitrogen and oxygen atoms in total. The van der Waals surface area contributed by atoms with E-state index in [0.29, 0.717) is 45.6 Å². The number of methoxy groups -OCH3 is 4. The Balaban J connectivity index is 1.72. The zero-order valence-electron chi connectivity index (χ0n) is 21.4. The van der Waals surface area contributed by atoms with E-state index in [9.17, 15) is 9.59 Å². The lowest BCUT2D eigenvalue weighted by atomic mass is 9.71. The molecule has 1 aliphatic heterocycles. The van der Waals surface area contributed by atoms with Crippen molar-refractivity contribution in [2.24, 2.45) is 5.92 Å². The SMILES string of the molecule is COC(=O)[C@@H]1C(C(=O)Nc2ccccc2)=Cc2cc3c(cc2[C@H]1c1cc(OC)c(OC)c(OC)c1)OCO3. The lowest BCUT2D eigenvalue weighted by molar-refractivity contribution is -0.145. The number of anilines is 1. The standard InChI is InChI=1S/C29H27NO8/c1-33-23-12-17(13-24(34-2)27(23)35-3)25-19-14-22-21(37-15-38-22)11-16(19)10-20(26(25)29(32)36-4)28(31)30-18-8-6-5-7-9-18/h5-14,25-26H,15H2,1-4H3,(H,30,31)/t25-,26-/m1/s1. The number of nitrogens with one attached hydrogen (secondary N) is 1. The topological polar surface area (TPSA) is 102 Å². The lowest BCUT2D eigenvalue weighted by Crippen LogP contribution is -2.34. The average molecular weight is 518 g/mol. The van der Waals surface area contributed by atoms with E-state index in [1.165, 1.54) is 28.4 Å². The first kappa shape index (κ1) is 25.0. The maximum atomic E-state index is 13.7. The van der Waals surface area contributed by atoms with E-state index >= 15 is 0 Å². The number of rotatable bonds is 7. The Morgan fingerprint density at radius 1 is 0.868 bits per heavy atom. The van der Waals surface area contributed by atoms with Crippen molar-refractivity contribution >= 4 is 23.6 Å². The van der Waals surface area contributed by atoms with Gasteiger partial charge in [-0.15, -0.1) is 0 Å². The molecule has 3 aromatic rings. The summed E-state index contributed by atoms with van der Waals surface area (Å²) in [6.07, 6.45) is 1.70. The largest absolute Gasteiger partial charge is 0.493 e. The smallest absolute Gasteiger partial charge is 0.314 e. The van der Waals surface area contributed by atoms with Gasteiger partial charge in [-0.25, -0.2) is 0 Å². The Morgan fingerprint density at radius 2 is 1.53 bits per heavy atom. The molecule has 0 fully saturated rings. The fourth-order valence-electron chi connectivity index (χ4n) is 4.96. The Morgan fingerprint density at radius 3 is 2.13 bits per heavy atom. The zero-order chi connectivity index (χ0) is 26.8. The molecule has 5 rings (SSSR count). The van der Waals surface area contributed by atoms with E-state index < -0.39 is 23.7 Å². The van der Waals surface area contributed by atoms with Crippen LogP contribution in [0.5, 0.6) is 28.7 Å². The summed E-state index contributed by atoms with van der Waals surface area (Å²) >= 11 is 0. The maximum absolute atomic E-state index is 13.7. The van der Waals surface area contributed by atoms with Gasteiger partial charge >= 0.3 is 5.97 Å². The van der Waals surface area contributed by atoms with Gasteiger partial charge in [0.25, 0.3) is 5.91 Å². The number of fused-ring (bicyclic) bond motifs is 2. The Kier molecular flexibility index (Phi) is 6.83. The molecule has 0 radical (unpaired) electrons. The Bertz CT molecular complexity index is 1390. The zero-order valence-corrected chi connectivity index (χ0v) is 21.4. The third kappa shape index (κ3) is 4.36. The van der Waals surface area contributed by atoms with Gasteiger partial charge in [0.2, 0.25) is 12.5 Å². The third-order valence-corrected chi connectivity index (χ3v) is 6.69. The predicted octanol–water partition coefficient (Wildman–Crippen LogP) is 4.40. The highest BCUT2D eigenvalue weighted by Gasteiger charge is 2.43. The van der Waals surface area contributed by atoms with Gasteiger partial charge in [-0.05, 0) is 59.2 Å². The predicted molar refractivity (Wildman–Crippen MR) is 139 cm³/mol. The highest BCUT2D eigenvalue weighted by molar-refractivity contribution is 6.11. The molecule has 1 N–H and O–H groups in total. The van der Waals surface area contributed by atoms with E-state index in [0.717, 1.165) is 5.56 Å². The summed E-state index contributed by atoms with van der Waals surface area (Å²) in [5, 5.41) is 2.90. The average Bonchev–Trinajstić information content (AvgIpc) is 3.41. The monoisotopic (exact) mass is 517 g/mol. The van der Waals surface area contributed by atoms with Crippen LogP contribution in [0.25, 0.3) is 6.08 Å². The molecular weight excluding hydrogens is 490 g/mol. The number of hydrogen-bond acceptors (Lipinski definition) is 8. The van der Waals surface area contributed by atoms with Crippen LogP contribution >= 0.6 is 0 Å². The van der Waals surface area contributed by atoms with Crippen LogP contribution in [-0.4, -0.2) is 47.1 Å². The molecule has 1 amide bonds. The van der Waals surface area contributed by atoms with Gasteiger partial charge < -0.3 is 33.7 Å². The number of carbonyl (C=O) groups is 2. The number of ether oxygens (including phenoxy) is 6. The molecule has 1 heterocycles. The first-order valence-electron chi connectivity index (χ1n) is 11.9. The Labute approximate surface area is 219 Å². The third-order valence-electron chi connectivity index (χ3n) is 6.69. The summed E-state index contributed by atoms with van der Waals surface area (Å²) in [5.74, 6) is -0.281. The van der Waals surface area contributed by atoms with Crippen molar-refractivity contribution < 1.29 is 38.0 Å². The lowest BCUT2D eigenvalue weighted by Gasteiger charge is -2.33. The van der Waals surface area contributed by atoms with Gasteiger partial charge in [-0.3, -0.25) is 9.59 Å². The molecule has 2 aliphatic rings. The number of benzene rings is 3. The molecule has 0 aromatic heterocycles. The van der Waals surface area contributed by atoms with Crippen LogP contribution in [-0.2, 0) is 14.3 Å². The van der Waals surface area contributed by atoms with E-state index in [2.05, 4.69) is 5.32 Å². The highest BCUT2D eigenvalue weighted by atomic mass is 16.7. The molecular formula is C29H27NO8. The van der Waals surface area contributed by atoms with Crippen LogP contribution < -0.4 is 29.0 Å². The molecule has 2 atom stereocenters. The van der Waals surface area contributed by atoms with E-state index in [4.69, 9.17) is 28.4 Å². The van der Waals surface area contributed by atoms with Gasteiger partial charge in [0, 0.05) is 17.2 Å². The van der Waals surface area contributed by atoms with Crippen molar-refractivity contribution in [1.82, 2.24) is 0 Å². The minimum atomic E-state index is -0.987. The fourth-order valence-corrected chi connectivity index (χ4v) is 4.96. The van der Waals surface area contributed by atoms with E-state index in [1.54, 1.807) is 30.3 Å². The van der Waals surface area contributed by atoms with Gasteiger partial charge in [-0.1, -0.05) is 18.2 Å². The van der Waals surface area contributed by atoms with Gasteiger partial charge in [0.15, 0.2) is 23.0 Å². The van der Waals surface area contributed by atoms with Crippen molar-refractivity contribution in [3.8, 4) is 28.7 Å². The summed E-state index contributed by atoms with van der Waals surface area (Å²) in [6.45, 7) is 0.0819. The number of amides is 1. The van der Waals surface area contributed by atoms with Crippen LogP contribution in [0.15, 0.2) is 60.2 Å². The summed E-state index contributed by atoms with van der Waals surface area (Å²) in [5.41, 5.74) is 2.98. The summed E-state index contributed by atoms with van der Waals surface area (Å²) < 4.78 is 33.1. The summed E-state index contributed by atoms with van der Waals surface area (Å²) in [7, 11) is 5.85. The second-order valence-electron chi connectivity index (χ2n) is 8.69. The minimum Gasteiger partial charge on any atom is -0.493 e. The van der Waals surface area contributed by atoms with Crippen molar-refractivity contribution in [3.05, 3.63) is 76.9 Å². The van der Waals surface area contributed by atoms with Crippen LogP contribution in [0.1, 0.15) is 22.6 Å². The van der Waals surface area contributed by atoms with Gasteiger partial charge in [-0.2, -0.15) is 0 Å². The molecule has 0 spiro atoms. The summed E-state index contributed by atoms with van der Waals surface area (Å²) in [6, 6.07) is 16.2. The van der Waals surface area contributed by atoms with Gasteiger partial charge in [0.05, 0.1) is 34.4 Å². The molecule has 0 saturated carbocycles. The highest BCUT2D eigenvalue weighted by Crippen LogP contribution is 2.50.